The highest BCUT2D eigenvalue weighted by Crippen LogP contribution is 2.26. The fourth-order valence-corrected chi connectivity index (χ4v) is 10.0. The first kappa shape index (κ1) is 67.2. The molecule has 0 atom stereocenters. The van der Waals surface area contributed by atoms with E-state index in [0.29, 0.717) is 101 Å². The van der Waals surface area contributed by atoms with Gasteiger partial charge in [0.25, 0.3) is 16.7 Å². The Morgan fingerprint density at radius 3 is 1.18 bits per heavy atom. The number of benzene rings is 6. The maximum Gasteiger partial charge on any atom is 0.332 e. The Hall–Kier alpha value is -10.7. The molecule has 31 heteroatoms. The molecule has 12 aromatic rings. The predicted octanol–water partition coefficient (Wildman–Crippen LogP) is 8.66. The van der Waals surface area contributed by atoms with Crippen LogP contribution in [-0.2, 0) is 41.8 Å². The molecule has 4 N–H and O–H groups in total. The van der Waals surface area contributed by atoms with E-state index < -0.39 is 33.7 Å². The molecule has 0 spiro atoms. The number of nitrogens with one attached hydrogen (secondary N) is 4. The Morgan fingerprint density at radius 1 is 0.389 bits per heavy atom. The third-order valence-electron chi connectivity index (χ3n) is 14.0. The first-order chi connectivity index (χ1) is 45.7. The molecule has 0 aliphatic heterocycles. The lowest BCUT2D eigenvalue weighted by Crippen LogP contribution is -2.27. The molecule has 0 aliphatic rings. The second-order valence-corrected chi connectivity index (χ2v) is 23.1. The molecule has 1 amide bonds. The number of hydrogen-bond acceptors (Lipinski definition) is 15. The topological polar surface area (TPSA) is 320 Å². The van der Waals surface area contributed by atoms with Gasteiger partial charge in [0.1, 0.15) is 5.78 Å². The Labute approximate surface area is 565 Å². The van der Waals surface area contributed by atoms with Gasteiger partial charge in [0, 0.05) is 81.0 Å². The van der Waals surface area contributed by atoms with Crippen LogP contribution in [0.4, 0.5) is 0 Å². The van der Waals surface area contributed by atoms with E-state index in [1.54, 1.807) is 155 Å². The highest BCUT2D eigenvalue weighted by Gasteiger charge is 2.15. The minimum Gasteiger partial charge on any atom is -0.352 e. The molecule has 12 rings (SSSR count). The molecule has 0 aliphatic carbocycles. The van der Waals surface area contributed by atoms with Crippen LogP contribution in [-0.4, -0.2) is 91.1 Å². The summed E-state index contributed by atoms with van der Waals surface area (Å²) in [6.07, 6.45) is 11.2. The number of aromatic nitrogens is 15. The van der Waals surface area contributed by atoms with Crippen molar-refractivity contribution >= 4 is 87.1 Å². The van der Waals surface area contributed by atoms with Crippen molar-refractivity contribution in [3.63, 3.8) is 0 Å². The number of H-pyrrole nitrogens is 3. The van der Waals surface area contributed by atoms with Gasteiger partial charge in [-0.25, -0.2) is 28.4 Å². The van der Waals surface area contributed by atoms with Crippen molar-refractivity contribution in [2.24, 2.45) is 0 Å². The van der Waals surface area contributed by atoms with Crippen LogP contribution < -0.4 is 39.1 Å². The SMILES string of the molecule is O=C(CCc1cn(-c2ccc(-n3ccc(=O)[nH]c3=O)cc2)nn1)Cc1ccc(Cl)c(Cl)c1.O=C(CCc1cn(-c2ccc(-n3ccc(=O)[nH]c3=O)cc2)nn1)c1ccc(Cl)c(Cl)c1.O=C(Cc1cn(-c2ccc(-n3ccc(=O)[nH]c3=O)cc2)nn1)NCc1ccc(Cl)c(Cl)c1. The van der Waals surface area contributed by atoms with Crippen LogP contribution in [0, 0.1) is 0 Å². The fraction of sp³-hybridized carbons (Fsp3) is 0.109. The molecule has 480 valence electrons. The monoisotopic (exact) mass is 1390 g/mol. The van der Waals surface area contributed by atoms with Crippen LogP contribution >= 0.6 is 69.6 Å². The summed E-state index contributed by atoms with van der Waals surface area (Å²) in [6, 6.07) is 39.9. The number of aromatic amines is 3. The zero-order valence-electron chi connectivity index (χ0n) is 49.1. The molecule has 0 unspecified atom stereocenters. The second-order valence-electron chi connectivity index (χ2n) is 20.7. The molecule has 0 saturated carbocycles. The van der Waals surface area contributed by atoms with Gasteiger partial charge in [-0.15, -0.1) is 15.3 Å². The summed E-state index contributed by atoms with van der Waals surface area (Å²) in [5.41, 5.74) is 5.01. The molecule has 0 radical (unpaired) electrons. The van der Waals surface area contributed by atoms with Crippen molar-refractivity contribution in [1.29, 1.82) is 0 Å². The number of carbonyl (C=O) groups excluding carboxylic acids is 3. The van der Waals surface area contributed by atoms with E-state index in [-0.39, 0.29) is 36.7 Å². The molecule has 6 aromatic heterocycles. The van der Waals surface area contributed by atoms with Crippen LogP contribution in [0.25, 0.3) is 34.1 Å². The molecule has 25 nitrogen and oxygen atoms in total. The van der Waals surface area contributed by atoms with E-state index in [0.717, 1.165) is 22.5 Å². The zero-order valence-corrected chi connectivity index (χ0v) is 53.6. The lowest BCUT2D eigenvalue weighted by Gasteiger charge is -2.06. The first-order valence-corrected chi connectivity index (χ1v) is 30.6. The van der Waals surface area contributed by atoms with Crippen molar-refractivity contribution in [3.05, 3.63) is 309 Å². The standard InChI is InChI=1S/C22H17Cl2N5O3.C21H16Cl2N6O3.C21H15Cl2N5O3/c23-19-8-1-14(12-20(19)24)11-18(30)7-2-15-13-29(27-26-15)17-5-3-16(4-6-17)28-10-9-21(31)25-22(28)32;22-17-6-1-13(9-18(17)23)11-24-20(31)10-14-12-29(27-26-14)16-4-2-15(3-5-16)28-8-7-19(30)25-21(28)32;22-17-7-1-13(11-18(17)23)19(29)8-2-14-12-28(26-25-14)16-5-3-15(4-6-16)27-10-9-20(30)24-21(27)31/h1,3-6,8-10,12-13H,2,7,11H2,(H,25,31,32);1-9,12H,10-11H2,(H,24,31)(H,25,30,32);1,3-7,9-12H,2,8H2,(H,24,30,31). The summed E-state index contributed by atoms with van der Waals surface area (Å²) < 4.78 is 8.68. The Bertz CT molecular complexity index is 5170. The minimum absolute atomic E-state index is 0.0617. The van der Waals surface area contributed by atoms with E-state index in [9.17, 15) is 43.2 Å². The van der Waals surface area contributed by atoms with Crippen molar-refractivity contribution < 1.29 is 14.4 Å². The Kier molecular flexibility index (Phi) is 21.8. The van der Waals surface area contributed by atoms with Gasteiger partial charge in [0.2, 0.25) is 5.91 Å². The number of halogens is 6. The molecule has 6 aromatic carbocycles. The number of aryl methyl sites for hydroxylation is 2. The molecular formula is C64H48Cl6N16O9. The number of nitrogens with zero attached hydrogens (tertiary/aromatic N) is 12. The van der Waals surface area contributed by atoms with Gasteiger partial charge in [-0.2, -0.15) is 0 Å². The van der Waals surface area contributed by atoms with E-state index in [1.807, 2.05) is 0 Å². The maximum absolute atomic E-state index is 12.4. The summed E-state index contributed by atoms with van der Waals surface area (Å²) in [5, 5.41) is 29.8. The van der Waals surface area contributed by atoms with E-state index in [4.69, 9.17) is 69.6 Å². The largest absolute Gasteiger partial charge is 0.352 e. The number of amides is 1. The second kappa shape index (κ2) is 30.8. The third-order valence-corrected chi connectivity index (χ3v) is 16.2. The first-order valence-electron chi connectivity index (χ1n) is 28.3. The lowest BCUT2D eigenvalue weighted by atomic mass is 10.1. The molecule has 95 heavy (non-hydrogen) atoms. The summed E-state index contributed by atoms with van der Waals surface area (Å²) in [7, 11) is 0. The van der Waals surface area contributed by atoms with Gasteiger partial charge in [-0.05, 0) is 126 Å². The van der Waals surface area contributed by atoms with Crippen LogP contribution in [0.5, 0.6) is 0 Å². The zero-order chi connectivity index (χ0) is 67.3. The summed E-state index contributed by atoms with van der Waals surface area (Å²) >= 11 is 35.6. The van der Waals surface area contributed by atoms with Gasteiger partial charge in [-0.1, -0.05) is 97.4 Å². The molecule has 0 saturated heterocycles. The minimum atomic E-state index is -0.528. The smallest absolute Gasteiger partial charge is 0.332 e. The number of hydrogen-bond donors (Lipinski definition) is 4. The van der Waals surface area contributed by atoms with Crippen molar-refractivity contribution in [3.8, 4) is 34.1 Å². The van der Waals surface area contributed by atoms with E-state index in [1.165, 1.54) is 55.2 Å². The molecule has 0 fully saturated rings. The van der Waals surface area contributed by atoms with E-state index >= 15 is 0 Å². The van der Waals surface area contributed by atoms with Gasteiger partial charge >= 0.3 is 17.1 Å². The van der Waals surface area contributed by atoms with Crippen LogP contribution in [0.15, 0.2) is 212 Å². The third kappa shape index (κ3) is 17.9. The quantitative estimate of drug-likeness (QED) is 0.0550. The number of carbonyl (C=O) groups is 3. The predicted molar refractivity (Wildman–Crippen MR) is 357 cm³/mol. The van der Waals surface area contributed by atoms with Crippen molar-refractivity contribution in [2.45, 2.75) is 45.1 Å². The fourth-order valence-electron chi connectivity index (χ4n) is 9.11. The van der Waals surface area contributed by atoms with Gasteiger partial charge < -0.3 is 5.32 Å². The molecule has 6 heterocycles. The van der Waals surface area contributed by atoms with E-state index in [2.05, 4.69) is 51.2 Å². The number of Topliss-reactive ketones (excluding diaryl/α,β-unsaturated/α-hetero) is 2. The van der Waals surface area contributed by atoms with Crippen LogP contribution in [0.2, 0.25) is 30.1 Å². The lowest BCUT2D eigenvalue weighted by molar-refractivity contribution is -0.120. The van der Waals surface area contributed by atoms with Crippen molar-refractivity contribution in [1.82, 2.24) is 79.0 Å². The average molecular weight is 1400 g/mol. The Morgan fingerprint density at radius 2 is 0.758 bits per heavy atom. The number of rotatable bonds is 19. The maximum atomic E-state index is 12.4. The molecular weight excluding hydrogens is 1350 g/mol. The highest BCUT2D eigenvalue weighted by atomic mass is 35.5. The number of ketones is 2. The summed E-state index contributed by atoms with van der Waals surface area (Å²) in [6.45, 7) is 0.315. The summed E-state index contributed by atoms with van der Waals surface area (Å²) in [5.74, 6) is -0.214. The van der Waals surface area contributed by atoms with Crippen molar-refractivity contribution in [2.75, 3.05) is 0 Å². The van der Waals surface area contributed by atoms with Gasteiger partial charge in [0.15, 0.2) is 5.78 Å². The highest BCUT2D eigenvalue weighted by molar-refractivity contribution is 6.43. The van der Waals surface area contributed by atoms with Gasteiger partial charge in [-0.3, -0.25) is 57.4 Å². The van der Waals surface area contributed by atoms with Crippen LogP contribution in [0.3, 0.4) is 0 Å². The molecule has 0 bridgehead atoms. The van der Waals surface area contributed by atoms with Gasteiger partial charge in [0.05, 0.1) is 106 Å². The van der Waals surface area contributed by atoms with Crippen LogP contribution in [0.1, 0.15) is 51.4 Å². The Balaban J connectivity index is 0.000000155. The normalized spacial score (nSPS) is 10.9. The summed E-state index contributed by atoms with van der Waals surface area (Å²) in [4.78, 5) is 113. The average Bonchev–Trinajstić information content (AvgIpc) is 1.92.